The summed E-state index contributed by atoms with van der Waals surface area (Å²) in [5.41, 5.74) is 3.66. The van der Waals surface area contributed by atoms with Gasteiger partial charge in [-0.25, -0.2) is 0 Å². The van der Waals surface area contributed by atoms with E-state index >= 15 is 0 Å². The summed E-state index contributed by atoms with van der Waals surface area (Å²) in [4.78, 5) is 0. The lowest BCUT2D eigenvalue weighted by molar-refractivity contribution is 0.397. The molecule has 0 atom stereocenters. The van der Waals surface area contributed by atoms with E-state index in [0.29, 0.717) is 6.42 Å². The number of hydrogen-bond acceptors (Lipinski definition) is 1. The monoisotopic (exact) mass is 252 g/mol. The smallest absolute Gasteiger partial charge is 0.0848 e. The first-order valence-corrected chi connectivity index (χ1v) is 6.32. The van der Waals surface area contributed by atoms with Gasteiger partial charge in [0.2, 0.25) is 0 Å². The topological polar surface area (TPSA) is 20.2 Å². The van der Waals surface area contributed by atoms with Gasteiger partial charge in [-0.15, -0.1) is 0 Å². The second-order valence-corrected chi connectivity index (χ2v) is 4.11. The molecule has 1 nitrogen and oxygen atoms in total. The Morgan fingerprint density at radius 1 is 1.00 bits per heavy atom. The SMILES string of the molecule is C=C(O)CC.C=Cc1ccc(-c2ccccc2)cc1. The van der Waals surface area contributed by atoms with Crippen LogP contribution in [0.25, 0.3) is 17.2 Å². The molecule has 0 aliphatic rings. The fraction of sp³-hybridized carbons (Fsp3) is 0.111. The number of hydrogen-bond donors (Lipinski definition) is 1. The summed E-state index contributed by atoms with van der Waals surface area (Å²) in [6, 6.07) is 18.8. The Balaban J connectivity index is 0.000000312. The molecular formula is C18H20O. The first-order valence-electron chi connectivity index (χ1n) is 6.32. The third kappa shape index (κ3) is 5.26. The lowest BCUT2D eigenvalue weighted by atomic mass is 10.0. The van der Waals surface area contributed by atoms with Crippen molar-refractivity contribution < 1.29 is 5.11 Å². The van der Waals surface area contributed by atoms with Crippen molar-refractivity contribution in [1.82, 2.24) is 0 Å². The minimum atomic E-state index is 0.255. The molecule has 98 valence electrons. The van der Waals surface area contributed by atoms with Gasteiger partial charge >= 0.3 is 0 Å². The van der Waals surface area contributed by atoms with Crippen molar-refractivity contribution in [3.05, 3.63) is 79.1 Å². The molecule has 1 heteroatoms. The van der Waals surface area contributed by atoms with Crippen molar-refractivity contribution in [2.75, 3.05) is 0 Å². The van der Waals surface area contributed by atoms with Crippen LogP contribution in [0.2, 0.25) is 0 Å². The fourth-order valence-corrected chi connectivity index (χ4v) is 1.44. The van der Waals surface area contributed by atoms with Gasteiger partial charge in [0.05, 0.1) is 5.76 Å². The summed E-state index contributed by atoms with van der Waals surface area (Å²) < 4.78 is 0. The van der Waals surface area contributed by atoms with Gasteiger partial charge in [-0.05, 0) is 16.7 Å². The molecule has 0 saturated heterocycles. The zero-order chi connectivity index (χ0) is 14.1. The molecule has 2 rings (SSSR count). The number of allylic oxidation sites excluding steroid dienone is 1. The molecule has 0 radical (unpaired) electrons. The Morgan fingerprint density at radius 3 is 1.89 bits per heavy atom. The lowest BCUT2D eigenvalue weighted by Crippen LogP contribution is -1.76. The van der Waals surface area contributed by atoms with E-state index in [9.17, 15) is 0 Å². The maximum absolute atomic E-state index is 8.17. The minimum absolute atomic E-state index is 0.255. The van der Waals surface area contributed by atoms with Gasteiger partial charge in [-0.1, -0.05) is 80.8 Å². The summed E-state index contributed by atoms with van der Waals surface area (Å²) >= 11 is 0. The van der Waals surface area contributed by atoms with Gasteiger partial charge in [0, 0.05) is 6.42 Å². The van der Waals surface area contributed by atoms with Gasteiger partial charge in [-0.2, -0.15) is 0 Å². The normalized spacial score (nSPS) is 9.11. The van der Waals surface area contributed by atoms with E-state index in [4.69, 9.17) is 5.11 Å². The van der Waals surface area contributed by atoms with Crippen molar-refractivity contribution in [1.29, 1.82) is 0 Å². The van der Waals surface area contributed by atoms with E-state index in [1.54, 1.807) is 0 Å². The Kier molecular flexibility index (Phi) is 6.17. The van der Waals surface area contributed by atoms with Gasteiger partial charge in [0.1, 0.15) is 0 Å². The zero-order valence-electron chi connectivity index (χ0n) is 11.3. The fourth-order valence-electron chi connectivity index (χ4n) is 1.44. The molecule has 0 unspecified atom stereocenters. The van der Waals surface area contributed by atoms with Gasteiger partial charge in [-0.3, -0.25) is 0 Å². The van der Waals surface area contributed by atoms with Gasteiger partial charge < -0.3 is 5.11 Å². The van der Waals surface area contributed by atoms with Crippen LogP contribution in [0.15, 0.2) is 73.5 Å². The summed E-state index contributed by atoms with van der Waals surface area (Å²) in [6.45, 7) is 8.81. The molecule has 1 N–H and O–H groups in total. The average Bonchev–Trinajstić information content (AvgIpc) is 2.49. The van der Waals surface area contributed by atoms with E-state index in [0.717, 1.165) is 5.56 Å². The second-order valence-electron chi connectivity index (χ2n) is 4.11. The number of benzene rings is 2. The first-order chi connectivity index (χ1) is 9.17. The number of rotatable bonds is 3. The van der Waals surface area contributed by atoms with Gasteiger partial charge in [0.15, 0.2) is 0 Å². The van der Waals surface area contributed by atoms with Crippen LogP contribution in [0, 0.1) is 0 Å². The highest BCUT2D eigenvalue weighted by Gasteiger charge is 1.94. The van der Waals surface area contributed by atoms with E-state index in [-0.39, 0.29) is 5.76 Å². The molecular weight excluding hydrogens is 232 g/mol. The molecule has 0 spiro atoms. The Bertz CT molecular complexity index is 509. The van der Waals surface area contributed by atoms with Crippen LogP contribution in [0.3, 0.4) is 0 Å². The quantitative estimate of drug-likeness (QED) is 0.719. The van der Waals surface area contributed by atoms with Crippen molar-refractivity contribution in [2.24, 2.45) is 0 Å². The summed E-state index contributed by atoms with van der Waals surface area (Å²) in [5.74, 6) is 0.255. The van der Waals surface area contributed by atoms with E-state index in [1.807, 2.05) is 19.1 Å². The molecule has 0 fully saturated rings. The molecule has 2 aromatic carbocycles. The summed E-state index contributed by atoms with van der Waals surface area (Å²) in [6.07, 6.45) is 2.52. The molecule has 0 heterocycles. The largest absolute Gasteiger partial charge is 0.513 e. The van der Waals surface area contributed by atoms with E-state index < -0.39 is 0 Å². The van der Waals surface area contributed by atoms with Crippen LogP contribution < -0.4 is 0 Å². The Morgan fingerprint density at radius 2 is 1.47 bits per heavy atom. The van der Waals surface area contributed by atoms with Crippen LogP contribution in [0.5, 0.6) is 0 Å². The van der Waals surface area contributed by atoms with Gasteiger partial charge in [0.25, 0.3) is 0 Å². The maximum Gasteiger partial charge on any atom is 0.0848 e. The molecule has 0 bridgehead atoms. The standard InChI is InChI=1S/C14H12.C4H8O/c1-2-12-8-10-14(11-9-12)13-6-4-3-5-7-13;1-3-4(2)5/h2-11H,1H2;5H,2-3H2,1H3. The third-order valence-corrected chi connectivity index (χ3v) is 2.66. The van der Waals surface area contributed by atoms with Crippen LogP contribution in [-0.2, 0) is 0 Å². The number of aliphatic hydroxyl groups excluding tert-OH is 1. The van der Waals surface area contributed by atoms with Crippen LogP contribution in [0.1, 0.15) is 18.9 Å². The highest BCUT2D eigenvalue weighted by Crippen LogP contribution is 2.19. The van der Waals surface area contributed by atoms with E-state index in [1.165, 1.54) is 11.1 Å². The van der Waals surface area contributed by atoms with E-state index in [2.05, 4.69) is 61.7 Å². The highest BCUT2D eigenvalue weighted by molar-refractivity contribution is 5.65. The molecule has 2 aromatic rings. The van der Waals surface area contributed by atoms with Crippen molar-refractivity contribution in [3.63, 3.8) is 0 Å². The summed E-state index contributed by atoms with van der Waals surface area (Å²) in [7, 11) is 0. The van der Waals surface area contributed by atoms with Crippen molar-refractivity contribution in [2.45, 2.75) is 13.3 Å². The number of aliphatic hydroxyl groups is 1. The Labute approximate surface area is 115 Å². The lowest BCUT2D eigenvalue weighted by Gasteiger charge is -2.01. The highest BCUT2D eigenvalue weighted by atomic mass is 16.3. The molecule has 0 aromatic heterocycles. The minimum Gasteiger partial charge on any atom is -0.513 e. The maximum atomic E-state index is 8.17. The predicted octanol–water partition coefficient (Wildman–Crippen LogP) is 5.46. The third-order valence-electron chi connectivity index (χ3n) is 2.66. The molecule has 0 amide bonds. The molecule has 0 saturated carbocycles. The predicted molar refractivity (Wildman–Crippen MR) is 84.0 cm³/mol. The molecule has 0 aliphatic carbocycles. The summed E-state index contributed by atoms with van der Waals surface area (Å²) in [5, 5.41) is 8.17. The van der Waals surface area contributed by atoms with Crippen molar-refractivity contribution in [3.8, 4) is 11.1 Å². The van der Waals surface area contributed by atoms with Crippen molar-refractivity contribution >= 4 is 6.08 Å². The zero-order valence-corrected chi connectivity index (χ0v) is 11.3. The average molecular weight is 252 g/mol. The van der Waals surface area contributed by atoms with Crippen LogP contribution in [-0.4, -0.2) is 5.11 Å². The first kappa shape index (κ1) is 14.8. The molecule has 0 aliphatic heterocycles. The van der Waals surface area contributed by atoms with Crippen LogP contribution in [0.4, 0.5) is 0 Å². The second kappa shape index (κ2) is 7.93. The Hall–Kier alpha value is -2.28. The van der Waals surface area contributed by atoms with Crippen LogP contribution >= 0.6 is 0 Å². The molecule has 19 heavy (non-hydrogen) atoms.